The zero-order valence-corrected chi connectivity index (χ0v) is 16.4. The average Bonchev–Trinajstić information content (AvgIpc) is 2.73. The highest BCUT2D eigenvalue weighted by molar-refractivity contribution is 6.04. The molecule has 1 fully saturated rings. The zero-order chi connectivity index (χ0) is 19.1. The molecule has 0 spiro atoms. The Morgan fingerprint density at radius 3 is 2.11 bits per heavy atom. The molecule has 0 aromatic heterocycles. The second kappa shape index (κ2) is 9.50. The van der Waals surface area contributed by atoms with Crippen molar-refractivity contribution in [2.45, 2.75) is 45.4 Å². The first-order chi connectivity index (χ1) is 13.2. The normalized spacial score (nSPS) is 19.9. The molecule has 0 heterocycles. The van der Waals surface area contributed by atoms with Crippen molar-refractivity contribution in [1.29, 1.82) is 0 Å². The van der Waals surface area contributed by atoms with Crippen LogP contribution in [-0.2, 0) is 0 Å². The van der Waals surface area contributed by atoms with Gasteiger partial charge in [-0.25, -0.2) is 0 Å². The molecule has 27 heavy (non-hydrogen) atoms. The van der Waals surface area contributed by atoms with E-state index < -0.39 is 0 Å². The Hall–Kier alpha value is -2.41. The summed E-state index contributed by atoms with van der Waals surface area (Å²) in [5.41, 5.74) is 4.24. The molecular formula is C26H30O. The second-order valence-electron chi connectivity index (χ2n) is 7.70. The van der Waals surface area contributed by atoms with Crippen molar-refractivity contribution in [3.8, 4) is 11.1 Å². The minimum Gasteiger partial charge on any atom is -0.289 e. The quantitative estimate of drug-likeness (QED) is 0.374. The van der Waals surface area contributed by atoms with E-state index in [1.165, 1.54) is 55.7 Å². The molecule has 1 aliphatic carbocycles. The van der Waals surface area contributed by atoms with Gasteiger partial charge >= 0.3 is 0 Å². The SMILES string of the molecule is C=CC(=O)c1ccc(-c2ccc(C=CC3CCC(CCC)CC3)cc2)cc1. The third-order valence-electron chi connectivity index (χ3n) is 5.75. The van der Waals surface area contributed by atoms with Gasteiger partial charge in [-0.2, -0.15) is 0 Å². The van der Waals surface area contributed by atoms with Gasteiger partial charge in [-0.1, -0.05) is 87.0 Å². The van der Waals surface area contributed by atoms with Crippen molar-refractivity contribution in [2.75, 3.05) is 0 Å². The van der Waals surface area contributed by atoms with Crippen LogP contribution in [0.5, 0.6) is 0 Å². The predicted octanol–water partition coefficient (Wildman–Crippen LogP) is 7.34. The molecule has 0 bridgehead atoms. The molecule has 0 aliphatic heterocycles. The van der Waals surface area contributed by atoms with E-state index in [9.17, 15) is 4.79 Å². The molecule has 0 radical (unpaired) electrons. The number of hydrogen-bond donors (Lipinski definition) is 0. The lowest BCUT2D eigenvalue weighted by atomic mass is 9.80. The molecule has 0 amide bonds. The second-order valence-corrected chi connectivity index (χ2v) is 7.70. The molecule has 3 rings (SSSR count). The summed E-state index contributed by atoms with van der Waals surface area (Å²) in [7, 11) is 0. The number of rotatable bonds is 7. The van der Waals surface area contributed by atoms with Gasteiger partial charge in [0, 0.05) is 5.56 Å². The van der Waals surface area contributed by atoms with Crippen molar-refractivity contribution in [3.05, 3.63) is 78.4 Å². The van der Waals surface area contributed by atoms with E-state index >= 15 is 0 Å². The Balaban J connectivity index is 1.59. The van der Waals surface area contributed by atoms with E-state index in [1.54, 1.807) is 0 Å². The Morgan fingerprint density at radius 2 is 1.56 bits per heavy atom. The fourth-order valence-electron chi connectivity index (χ4n) is 4.06. The zero-order valence-electron chi connectivity index (χ0n) is 16.4. The van der Waals surface area contributed by atoms with Gasteiger partial charge in [0.1, 0.15) is 0 Å². The Morgan fingerprint density at radius 1 is 0.963 bits per heavy atom. The highest BCUT2D eigenvalue weighted by Gasteiger charge is 2.18. The van der Waals surface area contributed by atoms with Crippen molar-refractivity contribution < 1.29 is 4.79 Å². The number of allylic oxidation sites excluding steroid dienone is 2. The lowest BCUT2D eigenvalue weighted by Crippen LogP contribution is -2.12. The van der Waals surface area contributed by atoms with Gasteiger partial charge in [-0.15, -0.1) is 0 Å². The Kier molecular flexibility index (Phi) is 6.81. The van der Waals surface area contributed by atoms with Crippen molar-refractivity contribution >= 4 is 11.9 Å². The molecule has 0 saturated heterocycles. The lowest BCUT2D eigenvalue weighted by Gasteiger charge is -2.26. The summed E-state index contributed by atoms with van der Waals surface area (Å²) in [6.07, 6.45) is 14.2. The van der Waals surface area contributed by atoms with E-state index in [0.717, 1.165) is 17.4 Å². The maximum atomic E-state index is 11.6. The van der Waals surface area contributed by atoms with Crippen LogP contribution in [0.1, 0.15) is 61.4 Å². The maximum absolute atomic E-state index is 11.6. The van der Waals surface area contributed by atoms with E-state index in [2.05, 4.69) is 49.9 Å². The molecule has 0 unspecified atom stereocenters. The monoisotopic (exact) mass is 358 g/mol. The van der Waals surface area contributed by atoms with Crippen molar-refractivity contribution in [3.63, 3.8) is 0 Å². The number of hydrogen-bond acceptors (Lipinski definition) is 1. The van der Waals surface area contributed by atoms with Gasteiger partial charge in [0.05, 0.1) is 0 Å². The molecule has 1 saturated carbocycles. The highest BCUT2D eigenvalue weighted by Crippen LogP contribution is 2.32. The smallest absolute Gasteiger partial charge is 0.185 e. The molecular weight excluding hydrogens is 328 g/mol. The largest absolute Gasteiger partial charge is 0.289 e. The first kappa shape index (κ1) is 19.4. The molecule has 1 aliphatic rings. The van der Waals surface area contributed by atoms with Crippen LogP contribution in [0, 0.1) is 11.8 Å². The molecule has 140 valence electrons. The first-order valence-corrected chi connectivity index (χ1v) is 10.2. The number of ketones is 1. The third kappa shape index (κ3) is 5.29. The minimum atomic E-state index is -0.0363. The van der Waals surface area contributed by atoms with Crippen LogP contribution < -0.4 is 0 Å². The summed E-state index contributed by atoms with van der Waals surface area (Å²) >= 11 is 0. The maximum Gasteiger partial charge on any atom is 0.185 e. The van der Waals surface area contributed by atoms with Gasteiger partial charge in [0.2, 0.25) is 0 Å². The van der Waals surface area contributed by atoms with Gasteiger partial charge in [0.25, 0.3) is 0 Å². The van der Waals surface area contributed by atoms with Crippen LogP contribution in [0.15, 0.2) is 67.3 Å². The minimum absolute atomic E-state index is 0.0363. The van der Waals surface area contributed by atoms with Crippen molar-refractivity contribution in [1.82, 2.24) is 0 Å². The summed E-state index contributed by atoms with van der Waals surface area (Å²) in [6, 6.07) is 16.4. The molecule has 2 aromatic carbocycles. The van der Waals surface area contributed by atoms with Gasteiger partial charge in [0.15, 0.2) is 5.78 Å². The fraction of sp³-hybridized carbons (Fsp3) is 0.346. The number of carbonyl (C=O) groups excluding carboxylic acids is 1. The summed E-state index contributed by atoms with van der Waals surface area (Å²) in [4.78, 5) is 11.6. The topological polar surface area (TPSA) is 17.1 Å². The van der Waals surface area contributed by atoms with Crippen LogP contribution in [-0.4, -0.2) is 5.78 Å². The summed E-state index contributed by atoms with van der Waals surface area (Å²) in [6.45, 7) is 5.83. The van der Waals surface area contributed by atoms with E-state index in [4.69, 9.17) is 0 Å². The van der Waals surface area contributed by atoms with Crippen LogP contribution in [0.3, 0.4) is 0 Å². The first-order valence-electron chi connectivity index (χ1n) is 10.2. The average molecular weight is 359 g/mol. The summed E-state index contributed by atoms with van der Waals surface area (Å²) in [5, 5.41) is 0. The Labute approximate surface area is 163 Å². The summed E-state index contributed by atoms with van der Waals surface area (Å²) in [5.74, 6) is 1.67. The molecule has 1 heteroatoms. The van der Waals surface area contributed by atoms with E-state index in [1.807, 2.05) is 24.3 Å². The third-order valence-corrected chi connectivity index (χ3v) is 5.75. The molecule has 1 nitrogen and oxygen atoms in total. The highest BCUT2D eigenvalue weighted by atomic mass is 16.1. The summed E-state index contributed by atoms with van der Waals surface area (Å²) < 4.78 is 0. The van der Waals surface area contributed by atoms with E-state index in [-0.39, 0.29) is 5.78 Å². The molecule has 2 aromatic rings. The fourth-order valence-corrected chi connectivity index (χ4v) is 4.06. The standard InChI is InChI=1S/C26H30O/c1-3-5-20-6-8-21(9-7-20)10-11-22-12-14-23(15-13-22)24-16-18-25(19-17-24)26(27)4-2/h4,10-21H,2-3,5-9H2,1H3. The van der Waals surface area contributed by atoms with Crippen LogP contribution in [0.2, 0.25) is 0 Å². The number of benzene rings is 2. The molecule has 0 atom stereocenters. The van der Waals surface area contributed by atoms with E-state index in [0.29, 0.717) is 5.56 Å². The van der Waals surface area contributed by atoms with Crippen LogP contribution in [0.4, 0.5) is 0 Å². The predicted molar refractivity (Wildman–Crippen MR) is 116 cm³/mol. The Bertz CT molecular complexity index is 772. The molecule has 0 N–H and O–H groups in total. The number of carbonyl (C=O) groups is 1. The lowest BCUT2D eigenvalue weighted by molar-refractivity contribution is 0.104. The van der Waals surface area contributed by atoms with Gasteiger partial charge in [-0.05, 0) is 60.3 Å². The van der Waals surface area contributed by atoms with Crippen molar-refractivity contribution in [2.24, 2.45) is 11.8 Å². The van der Waals surface area contributed by atoms with Crippen LogP contribution >= 0.6 is 0 Å². The van der Waals surface area contributed by atoms with Gasteiger partial charge in [-0.3, -0.25) is 4.79 Å². The van der Waals surface area contributed by atoms with Gasteiger partial charge < -0.3 is 0 Å². The van der Waals surface area contributed by atoms with Crippen LogP contribution in [0.25, 0.3) is 17.2 Å².